The van der Waals surface area contributed by atoms with Gasteiger partial charge >= 0.3 is 6.09 Å². The monoisotopic (exact) mass is 457 g/mol. The molecule has 2 heterocycles. The number of nitrogens with one attached hydrogen (secondary N) is 1. The summed E-state index contributed by atoms with van der Waals surface area (Å²) in [5.74, 6) is 0.547. The van der Waals surface area contributed by atoms with E-state index in [9.17, 15) is 4.79 Å². The van der Waals surface area contributed by atoms with Crippen LogP contribution in [0.5, 0.6) is 0 Å². The SMILES string of the molecule is O=C(Nc1ccccc1)OC1CN=C(c2ccc(N3CCOCC3)cc2)OC1c1ccccc1. The second-order valence-corrected chi connectivity index (χ2v) is 8.18. The summed E-state index contributed by atoms with van der Waals surface area (Å²) in [5.41, 5.74) is 3.65. The van der Waals surface area contributed by atoms with Crippen molar-refractivity contribution in [1.82, 2.24) is 0 Å². The van der Waals surface area contributed by atoms with Gasteiger partial charge in [-0.15, -0.1) is 0 Å². The number of morpholine rings is 1. The van der Waals surface area contributed by atoms with Gasteiger partial charge in [-0.25, -0.2) is 9.79 Å². The van der Waals surface area contributed by atoms with Gasteiger partial charge in [0.1, 0.15) is 0 Å². The number of ether oxygens (including phenoxy) is 3. The van der Waals surface area contributed by atoms with E-state index in [0.717, 1.165) is 43.1 Å². The van der Waals surface area contributed by atoms with E-state index in [1.165, 1.54) is 0 Å². The second kappa shape index (κ2) is 10.4. The zero-order chi connectivity index (χ0) is 23.2. The molecule has 0 saturated carbocycles. The maximum atomic E-state index is 12.5. The maximum Gasteiger partial charge on any atom is 0.412 e. The quantitative estimate of drug-likeness (QED) is 0.603. The van der Waals surface area contributed by atoms with Crippen molar-refractivity contribution in [2.45, 2.75) is 12.2 Å². The van der Waals surface area contributed by atoms with Crippen molar-refractivity contribution in [3.05, 3.63) is 96.1 Å². The van der Waals surface area contributed by atoms with Crippen molar-refractivity contribution in [2.75, 3.05) is 43.1 Å². The number of carbonyl (C=O) groups is 1. The van der Waals surface area contributed by atoms with Gasteiger partial charge in [-0.1, -0.05) is 48.5 Å². The normalized spacial score (nSPS) is 20.1. The van der Waals surface area contributed by atoms with Crippen molar-refractivity contribution < 1.29 is 19.0 Å². The van der Waals surface area contributed by atoms with E-state index in [2.05, 4.69) is 27.3 Å². The van der Waals surface area contributed by atoms with Gasteiger partial charge in [0.05, 0.1) is 19.8 Å². The Kier molecular flexibility index (Phi) is 6.72. The molecule has 7 heteroatoms. The van der Waals surface area contributed by atoms with Crippen LogP contribution in [0.25, 0.3) is 0 Å². The fourth-order valence-electron chi connectivity index (χ4n) is 4.13. The Morgan fingerprint density at radius 3 is 2.29 bits per heavy atom. The summed E-state index contributed by atoms with van der Waals surface area (Å²) < 4.78 is 17.5. The van der Waals surface area contributed by atoms with Crippen LogP contribution in [-0.2, 0) is 14.2 Å². The van der Waals surface area contributed by atoms with Gasteiger partial charge in [0.25, 0.3) is 0 Å². The lowest BCUT2D eigenvalue weighted by atomic mass is 10.0. The molecule has 3 aromatic carbocycles. The first-order valence-corrected chi connectivity index (χ1v) is 11.5. The van der Waals surface area contributed by atoms with Gasteiger partial charge in [-0.05, 0) is 42.0 Å². The minimum Gasteiger partial charge on any atom is -0.465 e. The zero-order valence-electron chi connectivity index (χ0n) is 18.8. The first-order valence-electron chi connectivity index (χ1n) is 11.5. The standard InChI is InChI=1S/C27H27N3O4/c31-27(29-22-9-5-2-6-10-22)33-24-19-28-26(34-25(24)20-7-3-1-4-8-20)21-11-13-23(14-12-21)30-15-17-32-18-16-30/h1-14,24-25H,15-19H2,(H,29,31). The van der Waals surface area contributed by atoms with Gasteiger partial charge in [0, 0.05) is 30.0 Å². The summed E-state index contributed by atoms with van der Waals surface area (Å²) >= 11 is 0. The molecular weight excluding hydrogens is 430 g/mol. The van der Waals surface area contributed by atoms with Crippen LogP contribution in [0, 0.1) is 0 Å². The molecule has 5 rings (SSSR count). The molecule has 0 aromatic heterocycles. The van der Waals surface area contributed by atoms with Crippen LogP contribution in [0.2, 0.25) is 0 Å². The largest absolute Gasteiger partial charge is 0.465 e. The highest BCUT2D eigenvalue weighted by Crippen LogP contribution is 2.30. The molecule has 2 aliphatic rings. The van der Waals surface area contributed by atoms with Crippen LogP contribution in [-0.4, -0.2) is 50.9 Å². The molecule has 0 aliphatic carbocycles. The Bertz CT molecular complexity index is 1110. The number of hydrogen-bond donors (Lipinski definition) is 1. The number of amides is 1. The first-order chi connectivity index (χ1) is 16.8. The predicted molar refractivity (Wildman–Crippen MR) is 131 cm³/mol. The third kappa shape index (κ3) is 5.21. The molecule has 1 N–H and O–H groups in total. The predicted octanol–water partition coefficient (Wildman–Crippen LogP) is 4.66. The Hall–Kier alpha value is -3.84. The molecule has 1 amide bonds. The Labute approximate surface area is 199 Å². The minimum atomic E-state index is -0.553. The van der Waals surface area contributed by atoms with Crippen molar-refractivity contribution in [3.8, 4) is 0 Å². The maximum absolute atomic E-state index is 12.5. The second-order valence-electron chi connectivity index (χ2n) is 8.18. The van der Waals surface area contributed by atoms with Crippen LogP contribution in [0.4, 0.5) is 16.2 Å². The third-order valence-electron chi connectivity index (χ3n) is 5.89. The van der Waals surface area contributed by atoms with Crippen molar-refractivity contribution >= 4 is 23.4 Å². The highest BCUT2D eigenvalue weighted by molar-refractivity contribution is 5.95. The summed E-state index contributed by atoms with van der Waals surface area (Å²) in [4.78, 5) is 19.5. The molecule has 2 atom stereocenters. The Morgan fingerprint density at radius 2 is 1.59 bits per heavy atom. The number of carbonyl (C=O) groups excluding carboxylic acids is 1. The van der Waals surface area contributed by atoms with Crippen molar-refractivity contribution in [1.29, 1.82) is 0 Å². The summed E-state index contributed by atoms with van der Waals surface area (Å²) in [5, 5.41) is 2.76. The molecular formula is C27H27N3O4. The average molecular weight is 458 g/mol. The van der Waals surface area contributed by atoms with Gasteiger partial charge in [-0.3, -0.25) is 5.32 Å². The highest BCUT2D eigenvalue weighted by atomic mass is 16.6. The number of anilines is 2. The topological polar surface area (TPSA) is 72.4 Å². The average Bonchev–Trinajstić information content (AvgIpc) is 2.90. The van der Waals surface area contributed by atoms with E-state index in [4.69, 9.17) is 14.2 Å². The number of hydrogen-bond acceptors (Lipinski definition) is 6. The zero-order valence-corrected chi connectivity index (χ0v) is 18.8. The van der Waals surface area contributed by atoms with Gasteiger partial charge in [0.15, 0.2) is 12.2 Å². The van der Waals surface area contributed by atoms with Crippen LogP contribution < -0.4 is 10.2 Å². The fraction of sp³-hybridized carbons (Fsp3) is 0.259. The Morgan fingerprint density at radius 1 is 0.912 bits per heavy atom. The molecule has 1 fully saturated rings. The van der Waals surface area contributed by atoms with Gasteiger partial charge in [-0.2, -0.15) is 0 Å². The number of nitrogens with zero attached hydrogens (tertiary/aromatic N) is 2. The summed E-state index contributed by atoms with van der Waals surface area (Å²) in [6.45, 7) is 3.57. The minimum absolute atomic E-state index is 0.308. The first kappa shape index (κ1) is 22.0. The van der Waals surface area contributed by atoms with Crippen LogP contribution in [0.1, 0.15) is 17.2 Å². The smallest absolute Gasteiger partial charge is 0.412 e. The van der Waals surface area contributed by atoms with Crippen LogP contribution in [0.15, 0.2) is 89.9 Å². The number of aliphatic imine (C=N–C) groups is 1. The van der Waals surface area contributed by atoms with Crippen molar-refractivity contribution in [2.24, 2.45) is 4.99 Å². The van der Waals surface area contributed by atoms with E-state index in [-0.39, 0.29) is 0 Å². The molecule has 0 spiro atoms. The number of rotatable bonds is 5. The number of benzene rings is 3. The summed E-state index contributed by atoms with van der Waals surface area (Å²) in [7, 11) is 0. The van der Waals surface area contributed by atoms with E-state index < -0.39 is 18.3 Å². The van der Waals surface area contributed by atoms with E-state index >= 15 is 0 Å². The molecule has 34 heavy (non-hydrogen) atoms. The molecule has 2 aliphatic heterocycles. The van der Waals surface area contributed by atoms with Crippen LogP contribution >= 0.6 is 0 Å². The molecule has 1 saturated heterocycles. The molecule has 174 valence electrons. The Balaban J connectivity index is 1.32. The lowest BCUT2D eigenvalue weighted by Crippen LogP contribution is -2.37. The lowest BCUT2D eigenvalue weighted by Gasteiger charge is -2.32. The highest BCUT2D eigenvalue weighted by Gasteiger charge is 2.33. The van der Waals surface area contributed by atoms with Crippen molar-refractivity contribution in [3.63, 3.8) is 0 Å². The van der Waals surface area contributed by atoms with E-state index in [0.29, 0.717) is 18.1 Å². The summed E-state index contributed by atoms with van der Waals surface area (Å²) in [6, 6.07) is 27.2. The molecule has 3 aromatic rings. The molecule has 0 radical (unpaired) electrons. The molecule has 2 unspecified atom stereocenters. The summed E-state index contributed by atoms with van der Waals surface area (Å²) in [6.07, 6.45) is -1.55. The third-order valence-corrected chi connectivity index (χ3v) is 5.89. The van der Waals surface area contributed by atoms with Gasteiger partial charge < -0.3 is 19.1 Å². The number of para-hydroxylation sites is 1. The fourth-order valence-corrected chi connectivity index (χ4v) is 4.13. The lowest BCUT2D eigenvalue weighted by molar-refractivity contribution is 0.00996. The van der Waals surface area contributed by atoms with E-state index in [1.807, 2.05) is 72.8 Å². The van der Waals surface area contributed by atoms with Gasteiger partial charge in [0.2, 0.25) is 5.90 Å². The van der Waals surface area contributed by atoms with Crippen LogP contribution in [0.3, 0.4) is 0 Å². The molecule has 7 nitrogen and oxygen atoms in total. The van der Waals surface area contributed by atoms with E-state index in [1.54, 1.807) is 0 Å². The molecule has 0 bridgehead atoms.